The van der Waals surface area contributed by atoms with Gasteiger partial charge in [0.25, 0.3) is 0 Å². The first kappa shape index (κ1) is 19.1. The minimum absolute atomic E-state index is 0.0587. The number of ether oxygens (including phenoxy) is 1. The molecule has 0 bridgehead atoms. The third-order valence-corrected chi connectivity index (χ3v) is 5.01. The van der Waals surface area contributed by atoms with Crippen LogP contribution in [0.25, 0.3) is 10.6 Å². The Bertz CT molecular complexity index is 889. The van der Waals surface area contributed by atoms with Gasteiger partial charge in [0.05, 0.1) is 19.3 Å². The van der Waals surface area contributed by atoms with Gasteiger partial charge in [0.1, 0.15) is 10.8 Å². The summed E-state index contributed by atoms with van der Waals surface area (Å²) in [5, 5.41) is 5.94. The summed E-state index contributed by atoms with van der Waals surface area (Å²) in [6.07, 6.45) is 0. The van der Waals surface area contributed by atoms with E-state index >= 15 is 0 Å². The minimum atomic E-state index is -0.0587. The molecule has 0 aliphatic carbocycles. The van der Waals surface area contributed by atoms with E-state index in [0.29, 0.717) is 13.1 Å². The Labute approximate surface area is 163 Å². The number of aryl methyl sites for hydroxylation is 1. The maximum absolute atomic E-state index is 12.2. The van der Waals surface area contributed by atoms with E-state index < -0.39 is 0 Å². The van der Waals surface area contributed by atoms with Crippen molar-refractivity contribution in [3.8, 4) is 16.3 Å². The summed E-state index contributed by atoms with van der Waals surface area (Å²) in [5.74, 6) is 0.703. The topological polar surface area (TPSA) is 54.5 Å². The Morgan fingerprint density at radius 3 is 2.52 bits per heavy atom. The predicted octanol–water partition coefficient (Wildman–Crippen LogP) is 4.20. The van der Waals surface area contributed by atoms with Crippen LogP contribution in [0.15, 0.2) is 53.9 Å². The summed E-state index contributed by atoms with van der Waals surface area (Å²) in [5.41, 5.74) is 4.08. The third kappa shape index (κ3) is 5.39. The molecule has 0 fully saturated rings. The van der Waals surface area contributed by atoms with Crippen LogP contribution in [0, 0.1) is 6.92 Å². The van der Waals surface area contributed by atoms with E-state index in [-0.39, 0.29) is 5.91 Å². The van der Waals surface area contributed by atoms with E-state index in [0.717, 1.165) is 27.7 Å². The maximum atomic E-state index is 12.2. The first-order chi connectivity index (χ1) is 13.0. The molecule has 3 aromatic rings. The number of benzene rings is 2. The fraction of sp³-hybridized carbons (Fsp3) is 0.238. The molecule has 0 saturated heterocycles. The average Bonchev–Trinajstić information content (AvgIpc) is 3.11. The molecule has 1 aromatic heterocycles. The van der Waals surface area contributed by atoms with Crippen LogP contribution < -0.4 is 10.1 Å². The van der Waals surface area contributed by atoms with Crippen molar-refractivity contribution in [3.05, 3.63) is 65.2 Å². The number of nitrogens with one attached hydrogen (secondary N) is 1. The molecule has 5 nitrogen and oxygen atoms in total. The number of amides is 1. The molecule has 0 unspecified atom stereocenters. The van der Waals surface area contributed by atoms with Gasteiger partial charge in [-0.25, -0.2) is 4.98 Å². The van der Waals surface area contributed by atoms with Crippen LogP contribution in [0.1, 0.15) is 11.3 Å². The number of aromatic nitrogens is 1. The number of nitrogens with zero attached hydrogens (tertiary/aromatic N) is 2. The van der Waals surface area contributed by atoms with Crippen molar-refractivity contribution >= 4 is 22.9 Å². The summed E-state index contributed by atoms with van der Waals surface area (Å²) in [6.45, 7) is 2.99. The Kier molecular flexibility index (Phi) is 6.21. The normalized spacial score (nSPS) is 10.8. The van der Waals surface area contributed by atoms with Gasteiger partial charge < -0.3 is 10.1 Å². The highest BCUT2D eigenvalue weighted by Crippen LogP contribution is 2.24. The van der Waals surface area contributed by atoms with Crippen molar-refractivity contribution in [3.63, 3.8) is 0 Å². The van der Waals surface area contributed by atoms with Crippen LogP contribution in [-0.4, -0.2) is 36.5 Å². The van der Waals surface area contributed by atoms with Gasteiger partial charge in [-0.1, -0.05) is 29.8 Å². The van der Waals surface area contributed by atoms with Crippen LogP contribution in [0.5, 0.6) is 5.75 Å². The molecule has 1 amide bonds. The highest BCUT2D eigenvalue weighted by Gasteiger charge is 2.11. The molecule has 0 saturated carbocycles. The second-order valence-electron chi connectivity index (χ2n) is 6.46. The first-order valence-electron chi connectivity index (χ1n) is 8.67. The fourth-order valence-electron chi connectivity index (χ4n) is 2.66. The summed E-state index contributed by atoms with van der Waals surface area (Å²) in [7, 11) is 3.53. The van der Waals surface area contributed by atoms with E-state index in [1.54, 1.807) is 18.4 Å². The molecule has 0 aliphatic rings. The molecule has 6 heteroatoms. The molecule has 0 radical (unpaired) electrons. The van der Waals surface area contributed by atoms with Gasteiger partial charge in [-0.2, -0.15) is 0 Å². The number of rotatable bonds is 7. The van der Waals surface area contributed by atoms with Crippen LogP contribution in [0.2, 0.25) is 0 Å². The lowest BCUT2D eigenvalue weighted by atomic mass is 10.2. The monoisotopic (exact) mass is 381 g/mol. The summed E-state index contributed by atoms with van der Waals surface area (Å²) in [4.78, 5) is 18.9. The standard InChI is InChI=1S/C21H23N3O2S/c1-15-4-6-16(7-5-15)21-23-18(14-27-21)12-24(2)13-20(25)22-17-8-10-19(26-3)11-9-17/h4-11,14H,12-13H2,1-3H3,(H,22,25). The molecule has 0 spiro atoms. The fourth-order valence-corrected chi connectivity index (χ4v) is 3.48. The van der Waals surface area contributed by atoms with Gasteiger partial charge >= 0.3 is 0 Å². The molecule has 2 aromatic carbocycles. The number of hydrogen-bond donors (Lipinski definition) is 1. The Morgan fingerprint density at radius 1 is 1.15 bits per heavy atom. The lowest BCUT2D eigenvalue weighted by molar-refractivity contribution is -0.117. The lowest BCUT2D eigenvalue weighted by Gasteiger charge is -2.15. The molecule has 27 heavy (non-hydrogen) atoms. The van der Waals surface area contributed by atoms with Gasteiger partial charge in [-0.3, -0.25) is 9.69 Å². The van der Waals surface area contributed by atoms with Gasteiger partial charge in [0.15, 0.2) is 0 Å². The van der Waals surface area contributed by atoms with Crippen LogP contribution >= 0.6 is 11.3 Å². The number of thiazole rings is 1. The molecular formula is C21H23N3O2S. The number of hydrogen-bond acceptors (Lipinski definition) is 5. The predicted molar refractivity (Wildman–Crippen MR) is 110 cm³/mol. The molecule has 1 heterocycles. The first-order valence-corrected chi connectivity index (χ1v) is 9.55. The highest BCUT2D eigenvalue weighted by molar-refractivity contribution is 7.13. The SMILES string of the molecule is COc1ccc(NC(=O)CN(C)Cc2csc(-c3ccc(C)cc3)n2)cc1. The van der Waals surface area contributed by atoms with Crippen LogP contribution in [0.4, 0.5) is 5.69 Å². The largest absolute Gasteiger partial charge is 0.497 e. The Morgan fingerprint density at radius 2 is 1.85 bits per heavy atom. The molecular weight excluding hydrogens is 358 g/mol. The van der Waals surface area contributed by atoms with Crippen molar-refractivity contribution < 1.29 is 9.53 Å². The maximum Gasteiger partial charge on any atom is 0.238 e. The van der Waals surface area contributed by atoms with Gasteiger partial charge in [-0.15, -0.1) is 11.3 Å². The minimum Gasteiger partial charge on any atom is -0.497 e. The second-order valence-corrected chi connectivity index (χ2v) is 7.32. The quantitative estimate of drug-likeness (QED) is 0.666. The van der Waals surface area contributed by atoms with E-state index in [9.17, 15) is 4.79 Å². The van der Waals surface area contributed by atoms with Gasteiger partial charge in [-0.05, 0) is 38.2 Å². The third-order valence-electron chi connectivity index (χ3n) is 4.07. The van der Waals surface area contributed by atoms with Crippen molar-refractivity contribution in [2.24, 2.45) is 0 Å². The molecule has 140 valence electrons. The van der Waals surface area contributed by atoms with Gasteiger partial charge in [0.2, 0.25) is 5.91 Å². The molecule has 0 atom stereocenters. The van der Waals surface area contributed by atoms with Crippen molar-refractivity contribution in [2.75, 3.05) is 26.0 Å². The number of carbonyl (C=O) groups excluding carboxylic acids is 1. The number of carbonyl (C=O) groups is 1. The average molecular weight is 382 g/mol. The van der Waals surface area contributed by atoms with E-state index in [2.05, 4.69) is 36.5 Å². The zero-order valence-corrected chi connectivity index (χ0v) is 16.5. The van der Waals surface area contributed by atoms with Crippen LogP contribution in [-0.2, 0) is 11.3 Å². The number of methoxy groups -OCH3 is 1. The Hall–Kier alpha value is -2.70. The smallest absolute Gasteiger partial charge is 0.238 e. The van der Waals surface area contributed by atoms with E-state index in [4.69, 9.17) is 9.72 Å². The van der Waals surface area contributed by atoms with Gasteiger partial charge in [0, 0.05) is 23.2 Å². The molecule has 1 N–H and O–H groups in total. The summed E-state index contributed by atoms with van der Waals surface area (Å²) < 4.78 is 5.12. The van der Waals surface area contributed by atoms with Crippen molar-refractivity contribution in [1.82, 2.24) is 9.88 Å². The lowest BCUT2D eigenvalue weighted by Crippen LogP contribution is -2.29. The number of anilines is 1. The summed E-state index contributed by atoms with van der Waals surface area (Å²) in [6, 6.07) is 15.6. The summed E-state index contributed by atoms with van der Waals surface area (Å²) >= 11 is 1.63. The van der Waals surface area contributed by atoms with Crippen molar-refractivity contribution in [1.29, 1.82) is 0 Å². The Balaban J connectivity index is 1.53. The molecule has 3 rings (SSSR count). The van der Waals surface area contributed by atoms with Crippen LogP contribution in [0.3, 0.4) is 0 Å². The van der Waals surface area contributed by atoms with E-state index in [1.165, 1.54) is 5.56 Å². The zero-order valence-electron chi connectivity index (χ0n) is 15.7. The molecule has 0 aliphatic heterocycles. The van der Waals surface area contributed by atoms with Crippen molar-refractivity contribution in [2.45, 2.75) is 13.5 Å². The zero-order chi connectivity index (χ0) is 19.2. The van der Waals surface area contributed by atoms with E-state index in [1.807, 2.05) is 41.6 Å². The highest BCUT2D eigenvalue weighted by atomic mass is 32.1. The second kappa shape index (κ2) is 8.79. The number of likely N-dealkylation sites (N-methyl/N-ethyl adjacent to an activating group) is 1.